The lowest BCUT2D eigenvalue weighted by Gasteiger charge is -2.26. The van der Waals surface area contributed by atoms with E-state index in [9.17, 15) is 8.78 Å². The molecule has 3 rings (SSSR count). The van der Waals surface area contributed by atoms with Crippen LogP contribution >= 0.6 is 0 Å². The normalized spacial score (nSPS) is 18.5. The fourth-order valence-electron chi connectivity index (χ4n) is 4.06. The van der Waals surface area contributed by atoms with Crippen molar-refractivity contribution in [3.05, 3.63) is 64.7 Å². The molecule has 2 aromatic carbocycles. The second-order valence-electron chi connectivity index (χ2n) is 8.25. The zero-order chi connectivity index (χ0) is 21.3. The van der Waals surface area contributed by atoms with E-state index >= 15 is 0 Å². The quantitative estimate of drug-likeness (QED) is 0.341. The van der Waals surface area contributed by atoms with Gasteiger partial charge in [-0.3, -0.25) is 0 Å². The van der Waals surface area contributed by atoms with E-state index in [4.69, 9.17) is 4.74 Å². The Morgan fingerprint density at radius 1 is 0.900 bits per heavy atom. The van der Waals surface area contributed by atoms with Crippen molar-refractivity contribution in [2.75, 3.05) is 6.61 Å². The molecular formula is C27H32F2O. The van der Waals surface area contributed by atoms with Crippen LogP contribution in [0.15, 0.2) is 36.4 Å². The monoisotopic (exact) mass is 410 g/mol. The van der Waals surface area contributed by atoms with E-state index in [0.29, 0.717) is 12.5 Å². The number of benzene rings is 2. The highest BCUT2D eigenvalue weighted by Crippen LogP contribution is 2.35. The molecule has 0 unspecified atom stereocenters. The van der Waals surface area contributed by atoms with Gasteiger partial charge in [-0.05, 0) is 67.7 Å². The van der Waals surface area contributed by atoms with Crippen LogP contribution < -0.4 is 4.74 Å². The van der Waals surface area contributed by atoms with Gasteiger partial charge in [-0.1, -0.05) is 62.8 Å². The third kappa shape index (κ3) is 5.85. The molecule has 0 spiro atoms. The summed E-state index contributed by atoms with van der Waals surface area (Å²) in [5.74, 6) is 4.99. The Labute approximate surface area is 179 Å². The average Bonchev–Trinajstić information content (AvgIpc) is 2.77. The smallest absolute Gasteiger partial charge is 0.201 e. The van der Waals surface area contributed by atoms with Crippen LogP contribution in [-0.4, -0.2) is 6.61 Å². The maximum absolute atomic E-state index is 14.3. The van der Waals surface area contributed by atoms with Crippen molar-refractivity contribution in [2.24, 2.45) is 5.92 Å². The van der Waals surface area contributed by atoms with E-state index in [-0.39, 0.29) is 17.2 Å². The first-order valence-electron chi connectivity index (χ1n) is 11.3. The fraction of sp³-hybridized carbons (Fsp3) is 0.481. The van der Waals surface area contributed by atoms with Gasteiger partial charge in [0, 0.05) is 5.92 Å². The summed E-state index contributed by atoms with van der Waals surface area (Å²) in [5, 5.41) is 0. The fourth-order valence-corrected chi connectivity index (χ4v) is 4.06. The lowest BCUT2D eigenvalue weighted by Crippen LogP contribution is -2.12. The molecule has 0 atom stereocenters. The highest BCUT2D eigenvalue weighted by atomic mass is 19.2. The minimum atomic E-state index is -0.937. The van der Waals surface area contributed by atoms with Crippen molar-refractivity contribution in [3.63, 3.8) is 0 Å². The summed E-state index contributed by atoms with van der Waals surface area (Å²) in [7, 11) is 0. The van der Waals surface area contributed by atoms with Gasteiger partial charge in [-0.15, -0.1) is 0 Å². The number of hydrogen-bond donors (Lipinski definition) is 0. The molecule has 3 heteroatoms. The van der Waals surface area contributed by atoms with E-state index in [2.05, 4.69) is 43.0 Å². The van der Waals surface area contributed by atoms with E-state index in [1.54, 1.807) is 0 Å². The first kappa shape index (κ1) is 22.3. The van der Waals surface area contributed by atoms with Crippen molar-refractivity contribution in [1.29, 1.82) is 0 Å². The summed E-state index contributed by atoms with van der Waals surface area (Å²) in [5.41, 5.74) is 2.92. The Balaban J connectivity index is 1.57. The molecule has 1 aliphatic carbocycles. The van der Waals surface area contributed by atoms with Crippen LogP contribution in [0.25, 0.3) is 0 Å². The standard InChI is InChI=1S/C27H32F2O/c1-3-5-19-30-25-18-17-24(26(28)27(25)29)16-11-21-9-14-23(15-10-21)22-12-7-20(6-4-2)8-13-22/h7-8,12-13,17-18,21,23H,3-6,9-10,14-15,19H2,1-2H3. The van der Waals surface area contributed by atoms with Crippen molar-refractivity contribution in [2.45, 2.75) is 71.1 Å². The largest absolute Gasteiger partial charge is 0.490 e. The number of halogens is 2. The lowest BCUT2D eigenvalue weighted by atomic mass is 9.78. The van der Waals surface area contributed by atoms with Crippen LogP contribution in [0.4, 0.5) is 8.78 Å². The molecule has 0 aliphatic heterocycles. The number of aryl methyl sites for hydroxylation is 1. The number of rotatable bonds is 7. The molecule has 1 nitrogen and oxygen atoms in total. The Kier molecular flexibility index (Phi) is 8.31. The molecular weight excluding hydrogens is 378 g/mol. The van der Waals surface area contributed by atoms with E-state index in [1.165, 1.54) is 29.7 Å². The second-order valence-corrected chi connectivity index (χ2v) is 8.25. The van der Waals surface area contributed by atoms with Crippen LogP contribution in [0.1, 0.15) is 81.4 Å². The Morgan fingerprint density at radius 3 is 2.30 bits per heavy atom. The Hall–Kier alpha value is -2.34. The maximum atomic E-state index is 14.3. The van der Waals surface area contributed by atoms with E-state index in [1.807, 2.05) is 6.92 Å². The molecule has 0 N–H and O–H groups in total. The van der Waals surface area contributed by atoms with Gasteiger partial charge < -0.3 is 4.74 Å². The minimum Gasteiger partial charge on any atom is -0.490 e. The number of unbranched alkanes of at least 4 members (excludes halogenated alkanes) is 1. The molecule has 0 bridgehead atoms. The van der Waals surface area contributed by atoms with Gasteiger partial charge in [0.2, 0.25) is 5.82 Å². The Bertz CT molecular complexity index is 868. The lowest BCUT2D eigenvalue weighted by molar-refractivity contribution is 0.288. The maximum Gasteiger partial charge on any atom is 0.201 e. The van der Waals surface area contributed by atoms with Gasteiger partial charge in [-0.2, -0.15) is 4.39 Å². The summed E-state index contributed by atoms with van der Waals surface area (Å²) >= 11 is 0. The second kappa shape index (κ2) is 11.2. The van der Waals surface area contributed by atoms with Crippen molar-refractivity contribution >= 4 is 0 Å². The van der Waals surface area contributed by atoms with E-state index < -0.39 is 11.6 Å². The predicted molar refractivity (Wildman–Crippen MR) is 119 cm³/mol. The zero-order valence-electron chi connectivity index (χ0n) is 18.1. The zero-order valence-corrected chi connectivity index (χ0v) is 18.1. The predicted octanol–water partition coefficient (Wildman–Crippen LogP) is 7.42. The molecule has 1 fully saturated rings. The highest BCUT2D eigenvalue weighted by molar-refractivity contribution is 5.41. The first-order chi connectivity index (χ1) is 14.6. The molecule has 0 aromatic heterocycles. The van der Waals surface area contributed by atoms with Crippen molar-refractivity contribution in [3.8, 4) is 17.6 Å². The summed E-state index contributed by atoms with van der Waals surface area (Å²) < 4.78 is 33.9. The molecule has 2 aromatic rings. The van der Waals surface area contributed by atoms with Crippen molar-refractivity contribution < 1.29 is 13.5 Å². The van der Waals surface area contributed by atoms with Crippen LogP contribution in [0, 0.1) is 29.4 Å². The molecule has 160 valence electrons. The average molecular weight is 411 g/mol. The van der Waals surface area contributed by atoms with Gasteiger partial charge in [0.25, 0.3) is 0 Å². The van der Waals surface area contributed by atoms with Gasteiger partial charge in [-0.25, -0.2) is 4.39 Å². The molecule has 30 heavy (non-hydrogen) atoms. The van der Waals surface area contributed by atoms with Gasteiger partial charge >= 0.3 is 0 Å². The highest BCUT2D eigenvalue weighted by Gasteiger charge is 2.21. The molecule has 0 radical (unpaired) electrons. The first-order valence-corrected chi connectivity index (χ1v) is 11.3. The SMILES string of the molecule is CCCCOc1ccc(C#CC2CCC(c3ccc(CCC)cc3)CC2)c(F)c1F. The molecule has 1 aliphatic rings. The van der Waals surface area contributed by atoms with Gasteiger partial charge in [0.1, 0.15) is 0 Å². The summed E-state index contributed by atoms with van der Waals surface area (Å²) in [6, 6.07) is 12.0. The summed E-state index contributed by atoms with van der Waals surface area (Å²) in [4.78, 5) is 0. The summed E-state index contributed by atoms with van der Waals surface area (Å²) in [6.07, 6.45) is 8.23. The summed E-state index contributed by atoms with van der Waals surface area (Å²) in [6.45, 7) is 4.62. The van der Waals surface area contributed by atoms with Gasteiger partial charge in [0.15, 0.2) is 11.6 Å². The minimum absolute atomic E-state index is 0.0306. The topological polar surface area (TPSA) is 9.23 Å². The van der Waals surface area contributed by atoms with Crippen molar-refractivity contribution in [1.82, 2.24) is 0 Å². The van der Waals surface area contributed by atoms with Crippen LogP contribution in [0.2, 0.25) is 0 Å². The molecule has 0 amide bonds. The van der Waals surface area contributed by atoms with Crippen LogP contribution in [-0.2, 0) is 6.42 Å². The third-order valence-electron chi connectivity index (χ3n) is 5.93. The number of hydrogen-bond acceptors (Lipinski definition) is 1. The Morgan fingerprint density at radius 2 is 1.63 bits per heavy atom. The molecule has 1 saturated carbocycles. The van der Waals surface area contributed by atoms with E-state index in [0.717, 1.165) is 44.9 Å². The third-order valence-corrected chi connectivity index (χ3v) is 5.93. The van der Waals surface area contributed by atoms with Gasteiger partial charge in [0.05, 0.1) is 12.2 Å². The molecule has 0 heterocycles. The number of ether oxygens (including phenoxy) is 1. The van der Waals surface area contributed by atoms with Crippen LogP contribution in [0.5, 0.6) is 5.75 Å². The van der Waals surface area contributed by atoms with Crippen LogP contribution in [0.3, 0.4) is 0 Å². The molecule has 0 saturated heterocycles.